The number of carbonyl (C=O) groups excluding carboxylic acids is 1. The Morgan fingerprint density at radius 1 is 1.23 bits per heavy atom. The van der Waals surface area contributed by atoms with Gasteiger partial charge in [0.05, 0.1) is 0 Å². The zero-order chi connectivity index (χ0) is 15.6. The lowest BCUT2D eigenvalue weighted by atomic mass is 9.78. The Kier molecular flexibility index (Phi) is 7.40. The Labute approximate surface area is 142 Å². The van der Waals surface area contributed by atoms with Gasteiger partial charge in [0.1, 0.15) is 6.17 Å². The van der Waals surface area contributed by atoms with Crippen LogP contribution in [0.5, 0.6) is 0 Å². The van der Waals surface area contributed by atoms with Crippen LogP contribution in [-0.4, -0.2) is 29.6 Å². The van der Waals surface area contributed by atoms with E-state index in [0.29, 0.717) is 12.0 Å². The molecule has 3 nitrogen and oxygen atoms in total. The molecule has 4 heteroatoms. The third-order valence-electron chi connectivity index (χ3n) is 5.73. The van der Waals surface area contributed by atoms with Crippen LogP contribution in [0.25, 0.3) is 0 Å². The lowest BCUT2D eigenvalue weighted by Gasteiger charge is -2.39. The van der Waals surface area contributed by atoms with Crippen molar-refractivity contribution in [1.29, 1.82) is 0 Å². The van der Waals surface area contributed by atoms with E-state index in [1.165, 1.54) is 24.8 Å². The molecule has 22 heavy (non-hydrogen) atoms. The molecule has 0 aromatic heterocycles. The van der Waals surface area contributed by atoms with Gasteiger partial charge in [-0.05, 0) is 44.1 Å². The second-order valence-electron chi connectivity index (χ2n) is 7.10. The Balaban J connectivity index is 0.00000242. The molecule has 0 radical (unpaired) electrons. The first-order chi connectivity index (χ1) is 9.97. The summed E-state index contributed by atoms with van der Waals surface area (Å²) in [7, 11) is 0. The summed E-state index contributed by atoms with van der Waals surface area (Å²) in [4.78, 5) is 14.5. The van der Waals surface area contributed by atoms with Gasteiger partial charge in [-0.3, -0.25) is 10.1 Å². The molecule has 1 aliphatic heterocycles. The summed E-state index contributed by atoms with van der Waals surface area (Å²) in [6.45, 7) is 11.9. The minimum Gasteiger partial charge on any atom is -0.319 e. The van der Waals surface area contributed by atoms with Crippen molar-refractivity contribution in [3.8, 4) is 0 Å². The van der Waals surface area contributed by atoms with Gasteiger partial charge in [-0.15, -0.1) is 12.4 Å². The average Bonchev–Trinajstić information content (AvgIpc) is 2.66. The van der Waals surface area contributed by atoms with Crippen molar-refractivity contribution in [3.63, 3.8) is 0 Å². The molecule has 0 spiro atoms. The third-order valence-corrected chi connectivity index (χ3v) is 5.73. The van der Waals surface area contributed by atoms with Crippen molar-refractivity contribution >= 4 is 18.3 Å². The molecule has 1 aliphatic carbocycles. The van der Waals surface area contributed by atoms with E-state index in [1.54, 1.807) is 0 Å². The van der Waals surface area contributed by atoms with Crippen LogP contribution in [0.3, 0.4) is 0 Å². The fourth-order valence-electron chi connectivity index (χ4n) is 3.73. The van der Waals surface area contributed by atoms with Gasteiger partial charge < -0.3 is 4.90 Å². The Morgan fingerprint density at radius 2 is 1.91 bits per heavy atom. The molecule has 0 saturated heterocycles. The summed E-state index contributed by atoms with van der Waals surface area (Å²) in [5.74, 6) is 1.70. The predicted molar refractivity (Wildman–Crippen MR) is 95.1 cm³/mol. The maximum atomic E-state index is 12.4. The Bertz CT molecular complexity index is 421. The van der Waals surface area contributed by atoms with Gasteiger partial charge in [-0.2, -0.15) is 0 Å². The highest BCUT2D eigenvalue weighted by atomic mass is 35.5. The molecule has 0 aromatic carbocycles. The SMILES string of the molecule is CCCCN1C(=O)C(C)=C(C)C1NC1CCCC(C)C1C.Cl. The number of carbonyl (C=O) groups is 1. The van der Waals surface area contributed by atoms with Gasteiger partial charge in [0.15, 0.2) is 0 Å². The summed E-state index contributed by atoms with van der Waals surface area (Å²) in [6.07, 6.45) is 6.23. The van der Waals surface area contributed by atoms with Crippen LogP contribution in [0.2, 0.25) is 0 Å². The first kappa shape index (κ1) is 19.5. The number of nitrogens with zero attached hydrogens (tertiary/aromatic N) is 1. The monoisotopic (exact) mass is 328 g/mol. The van der Waals surface area contributed by atoms with Gasteiger partial charge in [-0.25, -0.2) is 0 Å². The number of unbranched alkanes of at least 4 members (excludes halogenated alkanes) is 1. The number of halogens is 1. The van der Waals surface area contributed by atoms with Crippen molar-refractivity contribution in [1.82, 2.24) is 10.2 Å². The molecule has 0 aromatic rings. The van der Waals surface area contributed by atoms with Crippen LogP contribution in [-0.2, 0) is 4.79 Å². The molecule has 1 N–H and O–H groups in total. The van der Waals surface area contributed by atoms with Crippen molar-refractivity contribution in [2.75, 3.05) is 6.54 Å². The number of rotatable bonds is 5. The average molecular weight is 329 g/mol. The number of hydrogen-bond acceptors (Lipinski definition) is 2. The van der Waals surface area contributed by atoms with Gasteiger partial charge >= 0.3 is 0 Å². The van der Waals surface area contributed by atoms with Gasteiger partial charge in [0, 0.05) is 18.2 Å². The van der Waals surface area contributed by atoms with E-state index in [0.717, 1.165) is 30.9 Å². The van der Waals surface area contributed by atoms with E-state index in [1.807, 2.05) is 6.92 Å². The van der Waals surface area contributed by atoms with E-state index < -0.39 is 0 Å². The summed E-state index contributed by atoms with van der Waals surface area (Å²) in [6, 6.07) is 0.538. The summed E-state index contributed by atoms with van der Waals surface area (Å²) >= 11 is 0. The van der Waals surface area contributed by atoms with Crippen LogP contribution >= 0.6 is 12.4 Å². The maximum absolute atomic E-state index is 12.4. The summed E-state index contributed by atoms with van der Waals surface area (Å²) < 4.78 is 0. The highest BCUT2D eigenvalue weighted by molar-refractivity contribution is 5.96. The second kappa shape index (κ2) is 8.35. The lowest BCUT2D eigenvalue weighted by molar-refractivity contribution is -0.127. The second-order valence-corrected chi connectivity index (χ2v) is 7.10. The number of nitrogens with one attached hydrogen (secondary N) is 1. The molecule has 1 heterocycles. The van der Waals surface area contributed by atoms with Crippen molar-refractivity contribution in [3.05, 3.63) is 11.1 Å². The fourth-order valence-corrected chi connectivity index (χ4v) is 3.73. The first-order valence-electron chi connectivity index (χ1n) is 8.71. The summed E-state index contributed by atoms with van der Waals surface area (Å²) in [5.41, 5.74) is 2.17. The molecule has 0 bridgehead atoms. The molecule has 1 saturated carbocycles. The molecular formula is C18H33ClN2O. The molecule has 128 valence electrons. The minimum absolute atomic E-state index is 0. The molecular weight excluding hydrogens is 296 g/mol. The zero-order valence-corrected chi connectivity index (χ0v) is 15.6. The molecule has 4 unspecified atom stereocenters. The molecule has 1 amide bonds. The lowest BCUT2D eigenvalue weighted by Crippen LogP contribution is -2.53. The Hall–Kier alpha value is -0.540. The molecule has 4 atom stereocenters. The summed E-state index contributed by atoms with van der Waals surface area (Å²) in [5, 5.41) is 3.81. The normalized spacial score (nSPS) is 32.4. The minimum atomic E-state index is 0. The Morgan fingerprint density at radius 3 is 2.55 bits per heavy atom. The van der Waals surface area contributed by atoms with Crippen molar-refractivity contribution in [2.24, 2.45) is 11.8 Å². The van der Waals surface area contributed by atoms with Crippen LogP contribution in [0.1, 0.15) is 66.7 Å². The van der Waals surface area contributed by atoms with E-state index in [4.69, 9.17) is 0 Å². The molecule has 1 fully saturated rings. The van der Waals surface area contributed by atoms with Gasteiger partial charge in [0.25, 0.3) is 5.91 Å². The maximum Gasteiger partial charge on any atom is 0.251 e. The highest BCUT2D eigenvalue weighted by Gasteiger charge is 2.37. The fraction of sp³-hybridized carbons (Fsp3) is 0.833. The quantitative estimate of drug-likeness (QED) is 0.823. The van der Waals surface area contributed by atoms with Crippen LogP contribution in [0.15, 0.2) is 11.1 Å². The number of hydrogen-bond donors (Lipinski definition) is 1. The van der Waals surface area contributed by atoms with Crippen LogP contribution < -0.4 is 5.32 Å². The largest absolute Gasteiger partial charge is 0.319 e. The zero-order valence-electron chi connectivity index (χ0n) is 14.8. The molecule has 2 rings (SSSR count). The topological polar surface area (TPSA) is 32.3 Å². The molecule has 2 aliphatic rings. The number of amides is 1. The van der Waals surface area contributed by atoms with E-state index >= 15 is 0 Å². The first-order valence-corrected chi connectivity index (χ1v) is 8.71. The highest BCUT2D eigenvalue weighted by Crippen LogP contribution is 2.32. The third kappa shape index (κ3) is 3.86. The van der Waals surface area contributed by atoms with Crippen molar-refractivity contribution in [2.45, 2.75) is 78.9 Å². The van der Waals surface area contributed by atoms with E-state index in [2.05, 4.69) is 37.9 Å². The van der Waals surface area contributed by atoms with Gasteiger partial charge in [-0.1, -0.05) is 40.0 Å². The van der Waals surface area contributed by atoms with Crippen LogP contribution in [0, 0.1) is 11.8 Å². The van der Waals surface area contributed by atoms with E-state index in [9.17, 15) is 4.79 Å². The van der Waals surface area contributed by atoms with Crippen LogP contribution in [0.4, 0.5) is 0 Å². The standard InChI is InChI=1S/C18H32N2O.ClH/c1-6-7-11-20-17(14(4)15(5)18(20)21)19-16-10-8-9-12(2)13(16)3;/h12-13,16-17,19H,6-11H2,1-5H3;1H. The van der Waals surface area contributed by atoms with E-state index in [-0.39, 0.29) is 24.5 Å². The van der Waals surface area contributed by atoms with Crippen molar-refractivity contribution < 1.29 is 4.79 Å². The predicted octanol–water partition coefficient (Wildman–Crippen LogP) is 4.13. The smallest absolute Gasteiger partial charge is 0.251 e. The van der Waals surface area contributed by atoms with Gasteiger partial charge in [0.2, 0.25) is 0 Å².